The average molecular weight is 322 g/mol. The van der Waals surface area contributed by atoms with Gasteiger partial charge in [0.25, 0.3) is 0 Å². The SMILES string of the molecule is CC(=O)Nc1ccc(-c2c[nH]cc2C(=O)c2ccccc2F)cc1. The van der Waals surface area contributed by atoms with Gasteiger partial charge in [0.1, 0.15) is 5.82 Å². The van der Waals surface area contributed by atoms with E-state index in [1.807, 2.05) is 0 Å². The minimum absolute atomic E-state index is 0.0354. The highest BCUT2D eigenvalue weighted by Gasteiger charge is 2.18. The molecule has 1 heterocycles. The van der Waals surface area contributed by atoms with Crippen LogP contribution in [0.1, 0.15) is 22.8 Å². The minimum atomic E-state index is -0.546. The molecule has 0 atom stereocenters. The number of anilines is 1. The van der Waals surface area contributed by atoms with Crippen LogP contribution >= 0.6 is 0 Å². The molecule has 4 nitrogen and oxygen atoms in total. The molecule has 3 rings (SSSR count). The van der Waals surface area contributed by atoms with E-state index in [1.165, 1.54) is 19.1 Å². The average Bonchev–Trinajstić information content (AvgIpc) is 3.04. The largest absolute Gasteiger partial charge is 0.366 e. The summed E-state index contributed by atoms with van der Waals surface area (Å²) in [5.74, 6) is -1.08. The summed E-state index contributed by atoms with van der Waals surface area (Å²) in [6, 6.07) is 13.0. The number of nitrogens with one attached hydrogen (secondary N) is 2. The summed E-state index contributed by atoms with van der Waals surface area (Å²) in [7, 11) is 0. The van der Waals surface area contributed by atoms with Crippen molar-refractivity contribution >= 4 is 17.4 Å². The first kappa shape index (κ1) is 15.7. The van der Waals surface area contributed by atoms with E-state index >= 15 is 0 Å². The summed E-state index contributed by atoms with van der Waals surface area (Å²) < 4.78 is 13.9. The molecule has 0 fully saturated rings. The molecule has 1 amide bonds. The molecule has 0 bridgehead atoms. The second-order valence-electron chi connectivity index (χ2n) is 5.35. The van der Waals surface area contributed by atoms with Gasteiger partial charge in [0.2, 0.25) is 5.91 Å². The summed E-state index contributed by atoms with van der Waals surface area (Å²) in [5.41, 5.74) is 2.58. The van der Waals surface area contributed by atoms with E-state index in [9.17, 15) is 14.0 Å². The summed E-state index contributed by atoms with van der Waals surface area (Å²) in [5, 5.41) is 2.68. The number of H-pyrrole nitrogens is 1. The maximum atomic E-state index is 13.9. The van der Waals surface area contributed by atoms with Crippen molar-refractivity contribution in [3.8, 4) is 11.1 Å². The van der Waals surface area contributed by atoms with Crippen LogP contribution in [0.15, 0.2) is 60.9 Å². The van der Waals surface area contributed by atoms with Crippen LogP contribution in [0.2, 0.25) is 0 Å². The third-order valence-electron chi connectivity index (χ3n) is 3.62. The third kappa shape index (κ3) is 3.10. The predicted molar refractivity (Wildman–Crippen MR) is 90.4 cm³/mol. The molecular weight excluding hydrogens is 307 g/mol. The number of hydrogen-bond donors (Lipinski definition) is 2. The van der Waals surface area contributed by atoms with Gasteiger partial charge in [-0.25, -0.2) is 4.39 Å². The number of halogens is 1. The molecule has 2 aromatic carbocycles. The number of carbonyl (C=O) groups is 2. The van der Waals surface area contributed by atoms with Gasteiger partial charge in [-0.2, -0.15) is 0 Å². The van der Waals surface area contributed by atoms with Gasteiger partial charge in [0.15, 0.2) is 5.78 Å². The van der Waals surface area contributed by atoms with Gasteiger partial charge < -0.3 is 10.3 Å². The Balaban J connectivity index is 1.95. The van der Waals surface area contributed by atoms with Crippen LogP contribution in [-0.4, -0.2) is 16.7 Å². The fourth-order valence-corrected chi connectivity index (χ4v) is 2.52. The van der Waals surface area contributed by atoms with Crippen molar-refractivity contribution in [2.45, 2.75) is 6.92 Å². The number of hydrogen-bond acceptors (Lipinski definition) is 2. The number of aromatic nitrogens is 1. The van der Waals surface area contributed by atoms with Crippen molar-refractivity contribution in [2.24, 2.45) is 0 Å². The Kier molecular flexibility index (Phi) is 4.24. The fourth-order valence-electron chi connectivity index (χ4n) is 2.52. The zero-order valence-corrected chi connectivity index (χ0v) is 13.0. The van der Waals surface area contributed by atoms with Gasteiger partial charge in [-0.15, -0.1) is 0 Å². The van der Waals surface area contributed by atoms with Crippen molar-refractivity contribution in [3.63, 3.8) is 0 Å². The Labute approximate surface area is 138 Å². The molecule has 0 aliphatic rings. The zero-order valence-electron chi connectivity index (χ0n) is 13.0. The molecule has 0 spiro atoms. The molecular formula is C19H15FN2O2. The fraction of sp³-hybridized carbons (Fsp3) is 0.0526. The van der Waals surface area contributed by atoms with E-state index in [0.29, 0.717) is 16.8 Å². The van der Waals surface area contributed by atoms with Crippen molar-refractivity contribution in [1.82, 2.24) is 4.98 Å². The van der Waals surface area contributed by atoms with Gasteiger partial charge in [-0.1, -0.05) is 24.3 Å². The van der Waals surface area contributed by atoms with Gasteiger partial charge in [0.05, 0.1) is 5.56 Å². The van der Waals surface area contributed by atoms with Crippen molar-refractivity contribution in [2.75, 3.05) is 5.32 Å². The highest BCUT2D eigenvalue weighted by molar-refractivity contribution is 6.13. The molecule has 3 aromatic rings. The van der Waals surface area contributed by atoms with Crippen LogP contribution < -0.4 is 5.32 Å². The van der Waals surface area contributed by atoms with Gasteiger partial charge in [-0.05, 0) is 29.8 Å². The molecule has 0 radical (unpaired) electrons. The smallest absolute Gasteiger partial charge is 0.221 e. The predicted octanol–water partition coefficient (Wildman–Crippen LogP) is 4.01. The molecule has 0 aliphatic heterocycles. The van der Waals surface area contributed by atoms with Crippen LogP contribution in [0.5, 0.6) is 0 Å². The Bertz CT molecular complexity index is 898. The number of amides is 1. The van der Waals surface area contributed by atoms with E-state index in [0.717, 1.165) is 5.56 Å². The normalized spacial score (nSPS) is 10.4. The van der Waals surface area contributed by atoms with Gasteiger partial charge in [0, 0.05) is 36.1 Å². The first-order valence-corrected chi connectivity index (χ1v) is 7.40. The van der Waals surface area contributed by atoms with Crippen molar-refractivity contribution < 1.29 is 14.0 Å². The Morgan fingerprint density at radius 3 is 2.33 bits per heavy atom. The Morgan fingerprint density at radius 2 is 1.67 bits per heavy atom. The molecule has 24 heavy (non-hydrogen) atoms. The first-order valence-electron chi connectivity index (χ1n) is 7.40. The summed E-state index contributed by atoms with van der Waals surface area (Å²) >= 11 is 0. The van der Waals surface area contributed by atoms with E-state index in [-0.39, 0.29) is 17.3 Å². The molecule has 5 heteroatoms. The monoisotopic (exact) mass is 322 g/mol. The van der Waals surface area contributed by atoms with Crippen molar-refractivity contribution in [3.05, 3.63) is 77.9 Å². The summed E-state index contributed by atoms with van der Waals surface area (Å²) in [6.45, 7) is 1.44. The van der Waals surface area contributed by atoms with Crippen molar-refractivity contribution in [1.29, 1.82) is 0 Å². The van der Waals surface area contributed by atoms with Crippen LogP contribution in [0.3, 0.4) is 0 Å². The molecule has 120 valence electrons. The quantitative estimate of drug-likeness (QED) is 0.713. The highest BCUT2D eigenvalue weighted by atomic mass is 19.1. The number of aromatic amines is 1. The summed E-state index contributed by atoms with van der Waals surface area (Å²) in [4.78, 5) is 26.6. The minimum Gasteiger partial charge on any atom is -0.366 e. The maximum absolute atomic E-state index is 13.9. The number of carbonyl (C=O) groups excluding carboxylic acids is 2. The number of benzene rings is 2. The lowest BCUT2D eigenvalue weighted by atomic mass is 9.97. The standard InChI is InChI=1S/C19H15FN2O2/c1-12(23)22-14-8-6-13(7-9-14)16-10-21-11-17(16)19(24)15-4-2-3-5-18(15)20/h2-11,21H,1H3,(H,22,23). The molecule has 0 saturated carbocycles. The topological polar surface area (TPSA) is 62.0 Å². The Morgan fingerprint density at radius 1 is 0.958 bits per heavy atom. The van der Waals surface area contributed by atoms with E-state index in [2.05, 4.69) is 10.3 Å². The van der Waals surface area contributed by atoms with E-state index in [1.54, 1.807) is 48.8 Å². The molecule has 0 unspecified atom stereocenters. The van der Waals surface area contributed by atoms with Crippen LogP contribution in [0.25, 0.3) is 11.1 Å². The number of ketones is 1. The second kappa shape index (κ2) is 6.50. The first-order chi connectivity index (χ1) is 11.6. The van der Waals surface area contributed by atoms with Gasteiger partial charge in [-0.3, -0.25) is 9.59 Å². The lowest BCUT2D eigenvalue weighted by Gasteiger charge is -2.06. The number of rotatable bonds is 4. The Hall–Kier alpha value is -3.21. The maximum Gasteiger partial charge on any atom is 0.221 e. The summed E-state index contributed by atoms with van der Waals surface area (Å²) in [6.07, 6.45) is 3.26. The van der Waals surface area contributed by atoms with E-state index < -0.39 is 5.82 Å². The molecule has 1 aromatic heterocycles. The zero-order chi connectivity index (χ0) is 17.1. The third-order valence-corrected chi connectivity index (χ3v) is 3.62. The second-order valence-corrected chi connectivity index (χ2v) is 5.35. The molecule has 0 aliphatic carbocycles. The van der Waals surface area contributed by atoms with Crippen LogP contribution in [-0.2, 0) is 4.79 Å². The molecule has 2 N–H and O–H groups in total. The van der Waals surface area contributed by atoms with Gasteiger partial charge >= 0.3 is 0 Å². The van der Waals surface area contributed by atoms with Crippen LogP contribution in [0.4, 0.5) is 10.1 Å². The van der Waals surface area contributed by atoms with Crippen LogP contribution in [0, 0.1) is 5.82 Å². The molecule has 0 saturated heterocycles. The highest BCUT2D eigenvalue weighted by Crippen LogP contribution is 2.27. The lowest BCUT2D eigenvalue weighted by molar-refractivity contribution is -0.114. The lowest BCUT2D eigenvalue weighted by Crippen LogP contribution is -2.05. The van der Waals surface area contributed by atoms with E-state index in [4.69, 9.17) is 0 Å².